The molecule has 2 aromatic rings. The van der Waals surface area contributed by atoms with Crippen LogP contribution in [0.3, 0.4) is 0 Å². The second kappa shape index (κ2) is 7.40. The zero-order chi connectivity index (χ0) is 25.1. The van der Waals surface area contributed by atoms with Crippen LogP contribution >= 0.6 is 11.6 Å². The van der Waals surface area contributed by atoms with Crippen LogP contribution in [0.4, 0.5) is 4.39 Å². The number of H-pyrrole nitrogens is 1. The maximum absolute atomic E-state index is 14.3. The number of aryl methyl sites for hydroxylation is 2. The van der Waals surface area contributed by atoms with Gasteiger partial charge in [-0.05, 0) is 37.4 Å². The predicted molar refractivity (Wildman–Crippen MR) is 129 cm³/mol. The van der Waals surface area contributed by atoms with E-state index in [0.29, 0.717) is 52.1 Å². The molecule has 1 aromatic carbocycles. The number of fused-ring (bicyclic) bond motifs is 3. The Morgan fingerprint density at radius 3 is 2.83 bits per heavy atom. The Bertz CT molecular complexity index is 1340. The summed E-state index contributed by atoms with van der Waals surface area (Å²) in [6.07, 6.45) is 2.35. The number of hydrogen-bond acceptors (Lipinski definition) is 6. The summed E-state index contributed by atoms with van der Waals surface area (Å²) in [6.45, 7) is 6.43. The molecule has 0 aliphatic carbocycles. The molecule has 36 heavy (non-hydrogen) atoms. The van der Waals surface area contributed by atoms with E-state index in [4.69, 9.17) is 26.8 Å². The van der Waals surface area contributed by atoms with E-state index in [-0.39, 0.29) is 36.4 Å². The van der Waals surface area contributed by atoms with Gasteiger partial charge in [-0.15, -0.1) is 0 Å². The lowest BCUT2D eigenvalue weighted by Gasteiger charge is -2.53. The summed E-state index contributed by atoms with van der Waals surface area (Å²) >= 11 is 6.26. The van der Waals surface area contributed by atoms with E-state index in [1.165, 1.54) is 18.2 Å². The smallest absolute Gasteiger partial charge is 0.328 e. The normalized spacial score (nSPS) is 34.0. The molecule has 7 rings (SSSR count). The lowest BCUT2D eigenvalue weighted by atomic mass is 9.78. The van der Waals surface area contributed by atoms with Gasteiger partial charge in [0.2, 0.25) is 0 Å². The number of carbonyl (C=O) groups excluding carboxylic acids is 1. The molecule has 1 aromatic heterocycles. The highest BCUT2D eigenvalue weighted by atomic mass is 35.5. The van der Waals surface area contributed by atoms with Crippen LogP contribution in [0.1, 0.15) is 47.3 Å². The number of ether oxygens (including phenoxy) is 2. The number of rotatable bonds is 4. The first-order valence-corrected chi connectivity index (χ1v) is 12.8. The Morgan fingerprint density at radius 2 is 2.08 bits per heavy atom. The zero-order valence-corrected chi connectivity index (χ0v) is 21.1. The lowest BCUT2D eigenvalue weighted by molar-refractivity contribution is -0.396. The van der Waals surface area contributed by atoms with Crippen LogP contribution in [0.15, 0.2) is 23.9 Å². The number of aromatic amines is 1. The maximum atomic E-state index is 14.3. The van der Waals surface area contributed by atoms with Crippen LogP contribution in [0.5, 0.6) is 5.75 Å². The number of carbonyl (C=O) groups is 1. The Kier molecular flexibility index (Phi) is 4.61. The van der Waals surface area contributed by atoms with Crippen LogP contribution in [0, 0.1) is 19.7 Å². The Hall–Kier alpha value is -2.75. The SMILES string of the molecule is Cc1nc(C2=C(N)CN(C(=O)c3ccc(F)cc3O[C@@H]3C[C@H]4[C@@H]5O[C@@H]5[C@H]5CC3(C)N54)C2)[nH+]c(C)c1Cl. The lowest BCUT2D eigenvalue weighted by Crippen LogP contribution is -2.66. The molecule has 4 fully saturated rings. The molecule has 5 aliphatic rings. The van der Waals surface area contributed by atoms with Crippen molar-refractivity contribution in [3.63, 3.8) is 0 Å². The number of benzene rings is 1. The quantitative estimate of drug-likeness (QED) is 0.631. The minimum Gasteiger partial charge on any atom is -0.487 e. The molecule has 0 saturated carbocycles. The molecule has 6 heterocycles. The highest BCUT2D eigenvalue weighted by molar-refractivity contribution is 6.31. The van der Waals surface area contributed by atoms with Gasteiger partial charge in [-0.2, -0.15) is 0 Å². The number of epoxide rings is 1. The third-order valence-corrected chi connectivity index (χ3v) is 9.30. The van der Waals surface area contributed by atoms with Gasteiger partial charge in [0.1, 0.15) is 40.6 Å². The first kappa shape index (κ1) is 22.4. The summed E-state index contributed by atoms with van der Waals surface area (Å²) in [6, 6.07) is 4.93. The van der Waals surface area contributed by atoms with E-state index in [1.54, 1.807) is 4.90 Å². The molecule has 4 saturated heterocycles. The molecule has 0 bridgehead atoms. The van der Waals surface area contributed by atoms with Crippen molar-refractivity contribution >= 4 is 23.1 Å². The van der Waals surface area contributed by atoms with E-state index >= 15 is 0 Å². The number of aromatic nitrogens is 2. The van der Waals surface area contributed by atoms with Crippen molar-refractivity contribution in [1.82, 2.24) is 14.8 Å². The Morgan fingerprint density at radius 1 is 1.31 bits per heavy atom. The van der Waals surface area contributed by atoms with Crippen molar-refractivity contribution in [1.29, 1.82) is 0 Å². The fourth-order valence-electron chi connectivity index (χ4n) is 6.91. The summed E-state index contributed by atoms with van der Waals surface area (Å²) in [7, 11) is 0. The number of nitrogens with one attached hydrogen (secondary N) is 1. The molecule has 1 amide bonds. The number of nitrogens with two attached hydrogens (primary N) is 1. The van der Waals surface area contributed by atoms with Gasteiger partial charge in [0.25, 0.3) is 5.91 Å². The molecular weight excluding hydrogens is 485 g/mol. The molecule has 6 atom stereocenters. The number of morpholine rings is 1. The standard InChI is InChI=1S/C26H27ClFN5O3/c1-11-21(27)12(2)31-24(30-11)15-9-32(10-16(15)29)25(34)14-5-4-13(28)6-19(14)35-20-7-17-22-23(36-22)18-8-26(20,3)33(17)18/h4-6,17-18,20,22-23H,7-10,29H2,1-3H3/p+1/t17-,18+,20+,22-,23+,26?/m0/s1. The fraction of sp³-hybridized carbons (Fsp3) is 0.500. The topological polar surface area (TPSA) is 98.4 Å². The molecule has 0 radical (unpaired) electrons. The number of amides is 1. The first-order valence-electron chi connectivity index (χ1n) is 12.4. The average Bonchev–Trinajstić information content (AvgIpc) is 3.36. The van der Waals surface area contributed by atoms with E-state index < -0.39 is 5.82 Å². The fourth-order valence-corrected chi connectivity index (χ4v) is 6.99. The minimum atomic E-state index is -0.437. The van der Waals surface area contributed by atoms with E-state index in [1.807, 2.05) is 13.8 Å². The van der Waals surface area contributed by atoms with Crippen LogP contribution in [-0.4, -0.2) is 69.7 Å². The van der Waals surface area contributed by atoms with Crippen LogP contribution in [-0.2, 0) is 4.74 Å². The van der Waals surface area contributed by atoms with Gasteiger partial charge in [-0.3, -0.25) is 9.69 Å². The number of nitrogens with zero attached hydrogens (tertiary/aromatic N) is 3. The second-order valence-electron chi connectivity index (χ2n) is 10.9. The molecule has 10 heteroatoms. The molecule has 5 aliphatic heterocycles. The van der Waals surface area contributed by atoms with Crippen LogP contribution in [0.25, 0.3) is 5.57 Å². The zero-order valence-electron chi connectivity index (χ0n) is 20.3. The molecule has 1 unspecified atom stereocenters. The Labute approximate surface area is 213 Å². The second-order valence-corrected chi connectivity index (χ2v) is 11.3. The third-order valence-electron chi connectivity index (χ3n) is 8.74. The van der Waals surface area contributed by atoms with E-state index in [2.05, 4.69) is 21.8 Å². The summed E-state index contributed by atoms with van der Waals surface area (Å²) in [4.78, 5) is 25.5. The van der Waals surface area contributed by atoms with E-state index in [9.17, 15) is 9.18 Å². The van der Waals surface area contributed by atoms with Gasteiger partial charge in [0.05, 0.1) is 29.8 Å². The summed E-state index contributed by atoms with van der Waals surface area (Å²) < 4.78 is 26.6. The van der Waals surface area contributed by atoms with Crippen molar-refractivity contribution in [2.24, 2.45) is 5.73 Å². The predicted octanol–water partition coefficient (Wildman–Crippen LogP) is 2.26. The minimum absolute atomic E-state index is 0.114. The van der Waals surface area contributed by atoms with Gasteiger partial charge in [0, 0.05) is 37.2 Å². The summed E-state index contributed by atoms with van der Waals surface area (Å²) in [5.41, 5.74) is 9.34. The number of hydrogen-bond donors (Lipinski definition) is 1. The molecule has 188 valence electrons. The van der Waals surface area contributed by atoms with Crippen molar-refractivity contribution in [2.45, 2.75) is 69.5 Å². The first-order chi connectivity index (χ1) is 17.2. The van der Waals surface area contributed by atoms with Gasteiger partial charge in [-0.25, -0.2) is 9.37 Å². The van der Waals surface area contributed by atoms with Crippen molar-refractivity contribution in [3.05, 3.63) is 57.5 Å². The molecule has 8 nitrogen and oxygen atoms in total. The van der Waals surface area contributed by atoms with Crippen molar-refractivity contribution in [2.75, 3.05) is 13.1 Å². The van der Waals surface area contributed by atoms with E-state index in [0.717, 1.165) is 24.1 Å². The molecular formula is C26H28ClFN5O3+. The summed E-state index contributed by atoms with van der Waals surface area (Å²) in [5.74, 6) is 0.176. The Balaban J connectivity index is 1.13. The van der Waals surface area contributed by atoms with Crippen LogP contribution < -0.4 is 15.5 Å². The third kappa shape index (κ3) is 3.02. The molecule has 0 spiro atoms. The van der Waals surface area contributed by atoms with Gasteiger partial charge in [-0.1, -0.05) is 11.6 Å². The number of halogens is 2. The largest absolute Gasteiger partial charge is 0.487 e. The van der Waals surface area contributed by atoms with Crippen LogP contribution in [0.2, 0.25) is 5.02 Å². The highest BCUT2D eigenvalue weighted by Crippen LogP contribution is 2.62. The van der Waals surface area contributed by atoms with Gasteiger partial charge < -0.3 is 20.1 Å². The average molecular weight is 513 g/mol. The summed E-state index contributed by atoms with van der Waals surface area (Å²) in [5, 5.41) is 0.569. The van der Waals surface area contributed by atoms with Crippen molar-refractivity contribution in [3.8, 4) is 5.75 Å². The maximum Gasteiger partial charge on any atom is 0.328 e. The highest BCUT2D eigenvalue weighted by Gasteiger charge is 2.76. The van der Waals surface area contributed by atoms with Gasteiger partial charge >= 0.3 is 5.82 Å². The monoisotopic (exact) mass is 512 g/mol. The van der Waals surface area contributed by atoms with Crippen molar-refractivity contribution < 1.29 is 23.6 Å². The molecule has 3 N–H and O–H groups in total. The van der Waals surface area contributed by atoms with Gasteiger partial charge in [0.15, 0.2) is 5.69 Å².